The first kappa shape index (κ1) is 22.1. The van der Waals surface area contributed by atoms with Crippen molar-refractivity contribution in [3.05, 3.63) is 0 Å². The predicted molar refractivity (Wildman–Crippen MR) is 82.7 cm³/mol. The highest BCUT2D eigenvalue weighted by atomic mass is 16.7. The summed E-state index contributed by atoms with van der Waals surface area (Å²) in [5.41, 5.74) is 5.33. The van der Waals surface area contributed by atoms with Crippen LogP contribution in [-0.2, 0) is 18.9 Å². The molecule has 0 radical (unpaired) electrons. The molecule has 20 heavy (non-hydrogen) atoms. The van der Waals surface area contributed by atoms with Crippen molar-refractivity contribution in [2.24, 2.45) is 5.73 Å². The van der Waals surface area contributed by atoms with E-state index in [4.69, 9.17) is 24.7 Å². The Morgan fingerprint density at radius 1 is 0.650 bits per heavy atom. The molecular formula is C15H35NO4. The Kier molecular flexibility index (Phi) is 20.8. The average Bonchev–Trinajstić information content (AvgIpc) is 2.41. The average molecular weight is 293 g/mol. The molecule has 0 bridgehead atoms. The molecule has 0 saturated carbocycles. The molecule has 0 atom stereocenters. The largest absolute Gasteiger partial charge is 0.353 e. The number of hydrogen-bond acceptors (Lipinski definition) is 5. The van der Waals surface area contributed by atoms with E-state index in [0.717, 1.165) is 32.5 Å². The van der Waals surface area contributed by atoms with Crippen molar-refractivity contribution in [2.75, 3.05) is 33.0 Å². The van der Waals surface area contributed by atoms with Gasteiger partial charge in [0.2, 0.25) is 0 Å². The summed E-state index contributed by atoms with van der Waals surface area (Å²) in [7, 11) is 0. The quantitative estimate of drug-likeness (QED) is 0.561. The van der Waals surface area contributed by atoms with Crippen LogP contribution in [0.15, 0.2) is 0 Å². The zero-order chi connectivity index (χ0) is 15.6. The second kappa shape index (κ2) is 18.8. The van der Waals surface area contributed by atoms with Crippen molar-refractivity contribution >= 4 is 0 Å². The van der Waals surface area contributed by atoms with Crippen LogP contribution in [0.3, 0.4) is 0 Å². The maximum Gasteiger partial charge on any atom is 0.158 e. The van der Waals surface area contributed by atoms with Crippen molar-refractivity contribution in [1.29, 1.82) is 0 Å². The molecule has 0 unspecified atom stereocenters. The van der Waals surface area contributed by atoms with Crippen LogP contribution >= 0.6 is 0 Å². The molecule has 0 aromatic heterocycles. The van der Waals surface area contributed by atoms with E-state index >= 15 is 0 Å². The fourth-order valence-electron chi connectivity index (χ4n) is 1.54. The second-order valence-electron chi connectivity index (χ2n) is 4.05. The van der Waals surface area contributed by atoms with Crippen LogP contribution in [-0.4, -0.2) is 45.6 Å². The molecule has 5 nitrogen and oxygen atoms in total. The molecule has 0 aromatic rings. The van der Waals surface area contributed by atoms with Crippen LogP contribution in [0.25, 0.3) is 0 Å². The van der Waals surface area contributed by atoms with Gasteiger partial charge >= 0.3 is 0 Å². The first-order valence-corrected chi connectivity index (χ1v) is 7.86. The summed E-state index contributed by atoms with van der Waals surface area (Å²) in [4.78, 5) is 0. The lowest BCUT2D eigenvalue weighted by Crippen LogP contribution is -2.21. The standard InChI is InChI=1S/C8H18O2.C7H17NO2/c1-4-7-8(9-5-2)10-6-3;1-3-9-7(5-6-8)10-4-2/h8H,4-7H2,1-3H3;7H,3-6,8H2,1-2H3. The SMILES string of the molecule is CCCC(OCC)OCC.CCOC(CCN)OCC. The van der Waals surface area contributed by atoms with Gasteiger partial charge in [-0.05, 0) is 40.7 Å². The van der Waals surface area contributed by atoms with Crippen LogP contribution in [0.2, 0.25) is 0 Å². The molecule has 0 heterocycles. The van der Waals surface area contributed by atoms with E-state index in [1.165, 1.54) is 0 Å². The van der Waals surface area contributed by atoms with Gasteiger partial charge in [0.25, 0.3) is 0 Å². The molecular weight excluding hydrogens is 258 g/mol. The van der Waals surface area contributed by atoms with Gasteiger partial charge in [-0.2, -0.15) is 0 Å². The Bertz CT molecular complexity index is 123. The summed E-state index contributed by atoms with van der Waals surface area (Å²) in [6, 6.07) is 0. The van der Waals surface area contributed by atoms with Crippen molar-refractivity contribution in [1.82, 2.24) is 0 Å². The molecule has 0 aliphatic rings. The molecule has 2 N–H and O–H groups in total. The topological polar surface area (TPSA) is 62.9 Å². The number of hydrogen-bond donors (Lipinski definition) is 1. The molecule has 0 aliphatic carbocycles. The van der Waals surface area contributed by atoms with Crippen LogP contribution in [0.1, 0.15) is 53.9 Å². The van der Waals surface area contributed by atoms with Crippen molar-refractivity contribution in [3.8, 4) is 0 Å². The normalized spacial score (nSPS) is 10.8. The van der Waals surface area contributed by atoms with E-state index < -0.39 is 0 Å². The maximum atomic E-state index is 5.33. The summed E-state index contributed by atoms with van der Waals surface area (Å²) in [5.74, 6) is 0. The highest BCUT2D eigenvalue weighted by Crippen LogP contribution is 2.03. The van der Waals surface area contributed by atoms with E-state index in [-0.39, 0.29) is 12.6 Å². The Morgan fingerprint density at radius 3 is 1.25 bits per heavy atom. The van der Waals surface area contributed by atoms with Gasteiger partial charge in [0, 0.05) is 32.8 Å². The third-order valence-corrected chi connectivity index (χ3v) is 2.34. The summed E-state index contributed by atoms with van der Waals surface area (Å²) in [5, 5.41) is 0. The van der Waals surface area contributed by atoms with Gasteiger partial charge in [-0.3, -0.25) is 0 Å². The molecule has 0 aliphatic heterocycles. The molecule has 0 amide bonds. The molecule has 0 spiro atoms. The zero-order valence-electron chi connectivity index (χ0n) is 14.0. The first-order valence-electron chi connectivity index (χ1n) is 7.86. The van der Waals surface area contributed by atoms with E-state index in [0.29, 0.717) is 19.8 Å². The Hall–Kier alpha value is -0.200. The maximum absolute atomic E-state index is 5.33. The van der Waals surface area contributed by atoms with Crippen LogP contribution < -0.4 is 5.73 Å². The highest BCUT2D eigenvalue weighted by Gasteiger charge is 2.04. The minimum atomic E-state index is -0.0972. The predicted octanol–water partition coefficient (Wildman–Crippen LogP) is 2.92. The van der Waals surface area contributed by atoms with Gasteiger partial charge in [0.15, 0.2) is 12.6 Å². The van der Waals surface area contributed by atoms with Crippen LogP contribution in [0, 0.1) is 0 Å². The fraction of sp³-hybridized carbons (Fsp3) is 1.00. The van der Waals surface area contributed by atoms with Crippen molar-refractivity contribution in [2.45, 2.75) is 66.5 Å². The molecule has 0 fully saturated rings. The lowest BCUT2D eigenvalue weighted by atomic mass is 10.3. The van der Waals surface area contributed by atoms with Crippen LogP contribution in [0.4, 0.5) is 0 Å². The Balaban J connectivity index is 0. The van der Waals surface area contributed by atoms with E-state index in [9.17, 15) is 0 Å². The molecule has 0 rings (SSSR count). The molecule has 0 aromatic carbocycles. The van der Waals surface area contributed by atoms with E-state index in [1.54, 1.807) is 0 Å². The van der Waals surface area contributed by atoms with Gasteiger partial charge < -0.3 is 24.7 Å². The van der Waals surface area contributed by atoms with Gasteiger partial charge in [-0.1, -0.05) is 13.3 Å². The summed E-state index contributed by atoms with van der Waals surface area (Å²) in [6.07, 6.45) is 2.83. The fourth-order valence-corrected chi connectivity index (χ4v) is 1.54. The number of nitrogens with two attached hydrogens (primary N) is 1. The minimum Gasteiger partial charge on any atom is -0.353 e. The number of rotatable bonds is 12. The monoisotopic (exact) mass is 293 g/mol. The third-order valence-electron chi connectivity index (χ3n) is 2.34. The molecule has 0 saturated heterocycles. The smallest absolute Gasteiger partial charge is 0.158 e. The molecule has 124 valence electrons. The van der Waals surface area contributed by atoms with Gasteiger partial charge in [0.05, 0.1) is 0 Å². The third kappa shape index (κ3) is 15.9. The van der Waals surface area contributed by atoms with Gasteiger partial charge in [0.1, 0.15) is 0 Å². The van der Waals surface area contributed by atoms with Crippen LogP contribution in [0.5, 0.6) is 0 Å². The van der Waals surface area contributed by atoms with Crippen molar-refractivity contribution < 1.29 is 18.9 Å². The Morgan fingerprint density at radius 2 is 1.00 bits per heavy atom. The second-order valence-corrected chi connectivity index (χ2v) is 4.05. The zero-order valence-corrected chi connectivity index (χ0v) is 14.0. The van der Waals surface area contributed by atoms with E-state index in [1.807, 2.05) is 27.7 Å². The van der Waals surface area contributed by atoms with Gasteiger partial charge in [-0.25, -0.2) is 0 Å². The highest BCUT2D eigenvalue weighted by molar-refractivity contribution is 4.44. The summed E-state index contributed by atoms with van der Waals surface area (Å²) >= 11 is 0. The lowest BCUT2D eigenvalue weighted by Gasteiger charge is -2.15. The first-order chi connectivity index (χ1) is 9.69. The summed E-state index contributed by atoms with van der Waals surface area (Å²) in [6.45, 7) is 13.5. The number of ether oxygens (including phenoxy) is 4. The van der Waals surface area contributed by atoms with Gasteiger partial charge in [-0.15, -0.1) is 0 Å². The Labute approximate surface area is 125 Å². The minimum absolute atomic E-state index is 0.0278. The summed E-state index contributed by atoms with van der Waals surface area (Å²) < 4.78 is 21.0. The van der Waals surface area contributed by atoms with E-state index in [2.05, 4.69) is 6.92 Å². The van der Waals surface area contributed by atoms with Crippen molar-refractivity contribution in [3.63, 3.8) is 0 Å². The molecule has 5 heteroatoms. The lowest BCUT2D eigenvalue weighted by molar-refractivity contribution is -0.139.